The maximum absolute atomic E-state index is 12.4. The number of nitrogens with zero attached hydrogens (tertiary/aromatic N) is 3. The molecule has 0 aromatic heterocycles. The Morgan fingerprint density at radius 3 is 2.39 bits per heavy atom. The summed E-state index contributed by atoms with van der Waals surface area (Å²) in [5.41, 5.74) is 2.49. The van der Waals surface area contributed by atoms with Gasteiger partial charge in [0, 0.05) is 17.3 Å². The zero-order valence-electron chi connectivity index (χ0n) is 18.4. The lowest BCUT2D eigenvalue weighted by Gasteiger charge is -2.16. The fraction of sp³-hybridized carbons (Fsp3) is 0.167. The largest absolute Gasteiger partial charge is 0.505 e. The molecule has 0 saturated carbocycles. The molecule has 0 atom stereocenters. The van der Waals surface area contributed by atoms with Crippen LogP contribution in [0, 0.1) is 13.8 Å². The average molecular weight is 459 g/mol. The lowest BCUT2D eigenvalue weighted by molar-refractivity contribution is 0.482. The van der Waals surface area contributed by atoms with Gasteiger partial charge in [0.1, 0.15) is 16.3 Å². The first-order valence-corrected chi connectivity index (χ1v) is 11.6. The Labute approximate surface area is 193 Å². The number of benzene rings is 4. The van der Waals surface area contributed by atoms with Crippen molar-refractivity contribution in [1.29, 1.82) is 0 Å². The van der Waals surface area contributed by atoms with Crippen molar-refractivity contribution < 1.29 is 18.1 Å². The summed E-state index contributed by atoms with van der Waals surface area (Å²) in [6.45, 7) is 4.00. The summed E-state index contributed by atoms with van der Waals surface area (Å²) in [4.78, 5) is 1.14. The van der Waals surface area contributed by atoms with Gasteiger partial charge in [-0.15, -0.1) is 10.2 Å². The van der Waals surface area contributed by atoms with Gasteiger partial charge in [-0.2, -0.15) is 8.42 Å². The van der Waals surface area contributed by atoms with Crippen molar-refractivity contribution >= 4 is 51.0 Å². The van der Waals surface area contributed by atoms with Gasteiger partial charge in [0.15, 0.2) is 13.7 Å². The number of hydrogen-bond acceptors (Lipinski definition) is 6. The molecule has 0 aliphatic rings. The van der Waals surface area contributed by atoms with E-state index in [1.807, 2.05) is 31.2 Å². The van der Waals surface area contributed by atoms with E-state index in [1.54, 1.807) is 38.2 Å². The Kier molecular flexibility index (Phi) is 5.96. The van der Waals surface area contributed by atoms with Crippen LogP contribution in [-0.4, -0.2) is 37.9 Å². The fourth-order valence-corrected chi connectivity index (χ4v) is 4.89. The predicted molar refractivity (Wildman–Crippen MR) is 130 cm³/mol. The maximum Gasteiger partial charge on any atom is 0.297 e. The van der Waals surface area contributed by atoms with E-state index in [9.17, 15) is 18.1 Å². The quantitative estimate of drug-likeness (QED) is 0.233. The third kappa shape index (κ3) is 4.48. The molecule has 0 spiro atoms. The average Bonchev–Trinajstić information content (AvgIpc) is 2.71. The highest BCUT2D eigenvalue weighted by Crippen LogP contribution is 2.40. The fourth-order valence-electron chi connectivity index (χ4n) is 4.07. The zero-order chi connectivity index (χ0) is 23.9. The van der Waals surface area contributed by atoms with Crippen LogP contribution in [0.2, 0.25) is 0 Å². The van der Waals surface area contributed by atoms with Crippen LogP contribution in [0.15, 0.2) is 69.7 Å². The normalized spacial score (nSPS) is 12.4. The zero-order valence-corrected chi connectivity index (χ0v) is 19.3. The summed E-state index contributed by atoms with van der Waals surface area (Å²) < 4.78 is 34.9. The van der Waals surface area contributed by atoms with Gasteiger partial charge in [0.2, 0.25) is 0 Å². The van der Waals surface area contributed by atoms with Gasteiger partial charge in [0.05, 0.1) is 0 Å². The third-order valence-corrected chi connectivity index (χ3v) is 6.36. The van der Waals surface area contributed by atoms with Crippen molar-refractivity contribution in [3.8, 4) is 5.75 Å². The summed E-state index contributed by atoms with van der Waals surface area (Å²) in [6.07, 6.45) is 0. The monoisotopic (exact) mass is 459 g/mol. The van der Waals surface area contributed by atoms with Crippen molar-refractivity contribution in [2.45, 2.75) is 25.3 Å². The molecule has 0 aliphatic carbocycles. The lowest BCUT2D eigenvalue weighted by atomic mass is 9.99. The van der Waals surface area contributed by atoms with E-state index >= 15 is 0 Å². The van der Waals surface area contributed by atoms with Gasteiger partial charge in [-0.1, -0.05) is 42.0 Å². The van der Waals surface area contributed by atoms with Crippen LogP contribution in [0.5, 0.6) is 5.75 Å². The van der Waals surface area contributed by atoms with Crippen molar-refractivity contribution in [2.75, 3.05) is 7.05 Å². The minimum Gasteiger partial charge on any atom is -0.505 e. The third-order valence-electron chi connectivity index (χ3n) is 5.42. The van der Waals surface area contributed by atoms with Gasteiger partial charge in [-0.05, 0) is 61.0 Å². The van der Waals surface area contributed by atoms with E-state index in [1.165, 1.54) is 10.9 Å². The number of azo groups is 1. The summed E-state index contributed by atoms with van der Waals surface area (Å²) in [5, 5.41) is 21.4. The molecule has 0 heterocycles. The summed E-state index contributed by atoms with van der Waals surface area (Å²) in [5.74, 6) is -0.0485. The first-order valence-electron chi connectivity index (χ1n) is 10.2. The predicted octanol–water partition coefficient (Wildman–Crippen LogP) is 5.49. The summed E-state index contributed by atoms with van der Waals surface area (Å²) in [6, 6.07) is 16.0. The number of rotatable bonds is 5. The molecule has 166 valence electrons. The van der Waals surface area contributed by atoms with E-state index < -0.39 is 10.1 Å². The molecule has 9 heteroatoms. The van der Waals surface area contributed by atoms with Crippen molar-refractivity contribution in [2.24, 2.45) is 10.2 Å². The number of hydrogen-bond donors (Lipinski definition) is 2. The maximum atomic E-state index is 12.4. The van der Waals surface area contributed by atoms with Crippen LogP contribution >= 0.6 is 0 Å². The molecule has 0 unspecified atom stereocenters. The highest BCUT2D eigenvalue weighted by molar-refractivity contribution is 7.86. The molecule has 33 heavy (non-hydrogen) atoms. The van der Waals surface area contributed by atoms with E-state index in [0.717, 1.165) is 16.5 Å². The van der Waals surface area contributed by atoms with Gasteiger partial charge in [-0.25, -0.2) is 0 Å². The second-order valence-corrected chi connectivity index (χ2v) is 9.49. The molecular weight excluding hydrogens is 437 g/mol. The second kappa shape index (κ2) is 8.59. The molecule has 0 saturated heterocycles. The van der Waals surface area contributed by atoms with Gasteiger partial charge < -0.3 is 9.92 Å². The van der Waals surface area contributed by atoms with E-state index in [0.29, 0.717) is 28.3 Å². The first-order chi connectivity index (χ1) is 15.6. The Balaban J connectivity index is 1.94. The molecule has 2 radical (unpaired) electrons. The summed E-state index contributed by atoms with van der Waals surface area (Å²) >= 11 is 0. The molecule has 7 nitrogen and oxygen atoms in total. The molecule has 0 bridgehead atoms. The molecule has 0 aliphatic heterocycles. The number of aryl methyl sites for hydroxylation is 2. The van der Waals surface area contributed by atoms with Gasteiger partial charge in [-0.3, -0.25) is 4.55 Å². The van der Waals surface area contributed by atoms with Crippen molar-refractivity contribution in [3.05, 3.63) is 71.3 Å². The molecule has 0 fully saturated rings. The SMILES string of the molecule is [B]N(C)Cc1cc(C)cc2c(S(=O)(=O)O)c(N=Nc3c(C)cc4ccccc4c3O)ccc12. The van der Waals surface area contributed by atoms with Gasteiger partial charge >= 0.3 is 0 Å². The molecule has 2 N–H and O–H groups in total. The van der Waals surface area contributed by atoms with Crippen LogP contribution in [-0.2, 0) is 16.7 Å². The topological polar surface area (TPSA) is 103 Å². The van der Waals surface area contributed by atoms with Crippen LogP contribution in [0.3, 0.4) is 0 Å². The lowest BCUT2D eigenvalue weighted by Crippen LogP contribution is -2.13. The van der Waals surface area contributed by atoms with Crippen LogP contribution in [0.25, 0.3) is 21.5 Å². The Hall–Kier alpha value is -3.27. The first kappa shape index (κ1) is 22.9. The Morgan fingerprint density at radius 1 is 0.970 bits per heavy atom. The van der Waals surface area contributed by atoms with Crippen LogP contribution in [0.1, 0.15) is 16.7 Å². The molecule has 0 amide bonds. The minimum absolute atomic E-state index is 0.0328. The highest BCUT2D eigenvalue weighted by atomic mass is 32.2. The molecule has 4 rings (SSSR count). The highest BCUT2D eigenvalue weighted by Gasteiger charge is 2.22. The Morgan fingerprint density at radius 2 is 1.70 bits per heavy atom. The number of fused-ring (bicyclic) bond motifs is 2. The van der Waals surface area contributed by atoms with Crippen LogP contribution < -0.4 is 0 Å². The number of phenolic OH excluding ortho intramolecular Hbond substituents is 1. The smallest absolute Gasteiger partial charge is 0.297 e. The molecular formula is C24H22BN3O4S. The van der Waals surface area contributed by atoms with Crippen LogP contribution in [0.4, 0.5) is 11.4 Å². The van der Waals surface area contributed by atoms with Crippen molar-refractivity contribution in [1.82, 2.24) is 4.81 Å². The summed E-state index contributed by atoms with van der Waals surface area (Å²) in [7, 11) is 2.87. The second-order valence-electron chi connectivity index (χ2n) is 8.13. The molecule has 4 aromatic rings. The number of aromatic hydroxyl groups is 1. The molecule has 4 aromatic carbocycles. The minimum atomic E-state index is -4.64. The van der Waals surface area contributed by atoms with E-state index in [-0.39, 0.29) is 22.0 Å². The standard InChI is InChI=1S/C24H22BN3O4S/c1-14-10-17(13-28(3)25)18-8-9-21(24(20(18)11-14)33(30,31)32)26-27-22-15(2)12-16-6-4-5-7-19(16)23(22)29/h4-12,29H,13H2,1-3H3,(H,30,31,32). The Bertz CT molecular complexity index is 1530. The van der Waals surface area contributed by atoms with E-state index in [2.05, 4.69) is 10.2 Å². The van der Waals surface area contributed by atoms with Crippen molar-refractivity contribution in [3.63, 3.8) is 0 Å². The number of phenols is 1. The van der Waals surface area contributed by atoms with E-state index in [4.69, 9.17) is 7.98 Å². The van der Waals surface area contributed by atoms with Gasteiger partial charge in [0.25, 0.3) is 10.1 Å².